The Labute approximate surface area is 96.8 Å². The Morgan fingerprint density at radius 1 is 1.38 bits per heavy atom. The van der Waals surface area contributed by atoms with Crippen molar-refractivity contribution < 1.29 is 8.42 Å². The van der Waals surface area contributed by atoms with Crippen LogP contribution in [0.5, 0.6) is 0 Å². The van der Waals surface area contributed by atoms with Crippen LogP contribution in [0.2, 0.25) is 0 Å². The Morgan fingerprint density at radius 2 is 2.12 bits per heavy atom. The normalized spacial score (nSPS) is 19.7. The molecule has 1 aliphatic rings. The van der Waals surface area contributed by atoms with E-state index in [4.69, 9.17) is 0 Å². The van der Waals surface area contributed by atoms with Crippen LogP contribution in [0.4, 0.5) is 0 Å². The summed E-state index contributed by atoms with van der Waals surface area (Å²) in [5, 5.41) is 3.35. The van der Waals surface area contributed by atoms with Crippen molar-refractivity contribution in [1.29, 1.82) is 0 Å². The van der Waals surface area contributed by atoms with Crippen LogP contribution in [0, 0.1) is 0 Å². The predicted molar refractivity (Wildman–Crippen MR) is 65.0 cm³/mol. The van der Waals surface area contributed by atoms with E-state index in [1.807, 2.05) is 12.1 Å². The molecule has 1 atom stereocenters. The average molecular weight is 239 g/mol. The summed E-state index contributed by atoms with van der Waals surface area (Å²) in [6.45, 7) is 2.55. The highest BCUT2D eigenvalue weighted by atomic mass is 32.2. The van der Waals surface area contributed by atoms with Crippen molar-refractivity contribution in [3.05, 3.63) is 35.4 Å². The van der Waals surface area contributed by atoms with Crippen LogP contribution in [0.1, 0.15) is 30.5 Å². The average Bonchev–Trinajstić information content (AvgIpc) is 2.70. The SMILES string of the molecule is CCS(=O)(=O)CCC1NCc2ccccc21. The van der Waals surface area contributed by atoms with Crippen molar-refractivity contribution in [2.75, 3.05) is 11.5 Å². The number of nitrogens with one attached hydrogen (secondary N) is 1. The van der Waals surface area contributed by atoms with Gasteiger partial charge in [-0.1, -0.05) is 31.2 Å². The van der Waals surface area contributed by atoms with Crippen molar-refractivity contribution in [3.8, 4) is 0 Å². The number of benzene rings is 1. The molecule has 0 aliphatic carbocycles. The van der Waals surface area contributed by atoms with Gasteiger partial charge in [0.05, 0.1) is 5.75 Å². The minimum absolute atomic E-state index is 0.206. The molecule has 88 valence electrons. The molecule has 0 amide bonds. The van der Waals surface area contributed by atoms with Crippen molar-refractivity contribution in [2.24, 2.45) is 0 Å². The van der Waals surface area contributed by atoms with Crippen LogP contribution in [0.15, 0.2) is 24.3 Å². The van der Waals surface area contributed by atoms with Crippen molar-refractivity contribution in [3.63, 3.8) is 0 Å². The summed E-state index contributed by atoms with van der Waals surface area (Å²) in [7, 11) is -2.85. The van der Waals surface area contributed by atoms with Crippen LogP contribution >= 0.6 is 0 Å². The van der Waals surface area contributed by atoms with E-state index in [1.54, 1.807) is 6.92 Å². The lowest BCUT2D eigenvalue weighted by atomic mass is 10.0. The summed E-state index contributed by atoms with van der Waals surface area (Å²) in [5.74, 6) is 0.511. The molecular formula is C12H17NO2S. The highest BCUT2D eigenvalue weighted by molar-refractivity contribution is 7.91. The largest absolute Gasteiger partial charge is 0.306 e. The Morgan fingerprint density at radius 3 is 2.88 bits per heavy atom. The minimum atomic E-state index is -2.85. The Balaban J connectivity index is 2.04. The van der Waals surface area contributed by atoms with E-state index < -0.39 is 9.84 Å². The zero-order valence-corrected chi connectivity index (χ0v) is 10.3. The fourth-order valence-electron chi connectivity index (χ4n) is 2.08. The number of fused-ring (bicyclic) bond motifs is 1. The summed E-state index contributed by atoms with van der Waals surface area (Å²) in [4.78, 5) is 0. The molecule has 1 aliphatic heterocycles. The Hall–Kier alpha value is -0.870. The third kappa shape index (κ3) is 2.44. The van der Waals surface area contributed by atoms with Crippen LogP contribution in [0.25, 0.3) is 0 Å². The molecule has 1 unspecified atom stereocenters. The maximum absolute atomic E-state index is 11.4. The van der Waals surface area contributed by atoms with Crippen molar-refractivity contribution in [1.82, 2.24) is 5.32 Å². The van der Waals surface area contributed by atoms with Gasteiger partial charge in [-0.3, -0.25) is 0 Å². The topological polar surface area (TPSA) is 46.2 Å². The first-order valence-corrected chi connectivity index (χ1v) is 7.46. The van der Waals surface area contributed by atoms with E-state index in [0.717, 1.165) is 6.54 Å². The van der Waals surface area contributed by atoms with Gasteiger partial charge < -0.3 is 5.32 Å². The smallest absolute Gasteiger partial charge is 0.150 e. The predicted octanol–water partition coefficient (Wildman–Crippen LogP) is 1.66. The van der Waals surface area contributed by atoms with E-state index in [9.17, 15) is 8.42 Å². The zero-order chi connectivity index (χ0) is 11.6. The number of hydrogen-bond acceptors (Lipinski definition) is 3. The van der Waals surface area contributed by atoms with E-state index in [0.29, 0.717) is 6.42 Å². The molecule has 1 aromatic carbocycles. The summed E-state index contributed by atoms with van der Waals surface area (Å²) < 4.78 is 22.9. The summed E-state index contributed by atoms with van der Waals surface area (Å²) in [6, 6.07) is 8.41. The molecule has 0 saturated carbocycles. The van der Waals surface area contributed by atoms with Gasteiger partial charge in [0.1, 0.15) is 9.84 Å². The molecule has 0 spiro atoms. The molecule has 16 heavy (non-hydrogen) atoms. The maximum Gasteiger partial charge on any atom is 0.150 e. The molecule has 0 bridgehead atoms. The second-order valence-electron chi connectivity index (χ2n) is 4.16. The molecule has 1 heterocycles. The maximum atomic E-state index is 11.4. The highest BCUT2D eigenvalue weighted by Gasteiger charge is 2.22. The number of sulfone groups is 1. The van der Waals surface area contributed by atoms with Crippen LogP contribution in [-0.2, 0) is 16.4 Å². The van der Waals surface area contributed by atoms with Gasteiger partial charge in [0.2, 0.25) is 0 Å². The monoisotopic (exact) mass is 239 g/mol. The molecule has 1 aromatic rings. The van der Waals surface area contributed by atoms with Crippen LogP contribution in [-0.4, -0.2) is 19.9 Å². The first-order chi connectivity index (χ1) is 7.62. The first-order valence-electron chi connectivity index (χ1n) is 5.64. The lowest BCUT2D eigenvalue weighted by Gasteiger charge is -2.11. The molecular weight excluding hydrogens is 222 g/mol. The highest BCUT2D eigenvalue weighted by Crippen LogP contribution is 2.27. The number of rotatable bonds is 4. The fraction of sp³-hybridized carbons (Fsp3) is 0.500. The summed E-state index contributed by atoms with van der Waals surface area (Å²) >= 11 is 0. The first kappa shape index (κ1) is 11.6. The summed E-state index contributed by atoms with van der Waals surface area (Å²) in [6.07, 6.45) is 0.674. The molecule has 2 rings (SSSR count). The van der Waals surface area contributed by atoms with Gasteiger partial charge in [0, 0.05) is 18.3 Å². The van der Waals surface area contributed by atoms with Crippen molar-refractivity contribution in [2.45, 2.75) is 25.9 Å². The van der Waals surface area contributed by atoms with Gasteiger partial charge in [-0.25, -0.2) is 8.42 Å². The molecule has 1 N–H and O–H groups in total. The van der Waals surface area contributed by atoms with Gasteiger partial charge in [-0.2, -0.15) is 0 Å². The van der Waals surface area contributed by atoms with Gasteiger partial charge >= 0.3 is 0 Å². The Bertz CT molecular complexity index is 468. The fourth-order valence-corrected chi connectivity index (χ4v) is 2.96. The van der Waals surface area contributed by atoms with Gasteiger partial charge in [-0.05, 0) is 17.5 Å². The molecule has 0 fully saturated rings. The van der Waals surface area contributed by atoms with E-state index in [2.05, 4.69) is 17.4 Å². The molecule has 0 radical (unpaired) electrons. The molecule has 0 saturated heterocycles. The van der Waals surface area contributed by atoms with Gasteiger partial charge in [0.15, 0.2) is 0 Å². The van der Waals surface area contributed by atoms with E-state index in [-0.39, 0.29) is 17.5 Å². The van der Waals surface area contributed by atoms with Crippen LogP contribution in [0.3, 0.4) is 0 Å². The second-order valence-corrected chi connectivity index (χ2v) is 6.63. The van der Waals surface area contributed by atoms with Crippen molar-refractivity contribution >= 4 is 9.84 Å². The van der Waals surface area contributed by atoms with Gasteiger partial charge in [-0.15, -0.1) is 0 Å². The van der Waals surface area contributed by atoms with E-state index >= 15 is 0 Å². The lowest BCUT2D eigenvalue weighted by molar-refractivity contribution is 0.551. The number of hydrogen-bond donors (Lipinski definition) is 1. The molecule has 0 aromatic heterocycles. The third-order valence-corrected chi connectivity index (χ3v) is 4.86. The standard InChI is InChI=1S/C12H17NO2S/c1-2-16(14,15)8-7-12-11-6-4-3-5-10(11)9-13-12/h3-6,12-13H,2,7-9H2,1H3. The second kappa shape index (κ2) is 4.55. The third-order valence-electron chi connectivity index (χ3n) is 3.13. The Kier molecular flexibility index (Phi) is 3.30. The molecule has 4 heteroatoms. The zero-order valence-electron chi connectivity index (χ0n) is 9.44. The lowest BCUT2D eigenvalue weighted by Crippen LogP contribution is -2.18. The van der Waals surface area contributed by atoms with E-state index in [1.165, 1.54) is 11.1 Å². The minimum Gasteiger partial charge on any atom is -0.306 e. The molecule has 3 nitrogen and oxygen atoms in total. The quantitative estimate of drug-likeness (QED) is 0.869. The van der Waals surface area contributed by atoms with Gasteiger partial charge in [0.25, 0.3) is 0 Å². The van der Waals surface area contributed by atoms with Crippen LogP contribution < -0.4 is 5.32 Å². The summed E-state index contributed by atoms with van der Waals surface area (Å²) in [5.41, 5.74) is 2.55.